The van der Waals surface area contributed by atoms with Crippen LogP contribution < -0.4 is 0 Å². The van der Waals surface area contributed by atoms with Gasteiger partial charge in [0, 0.05) is 6.54 Å². The number of carbonyl (C=O) groups is 1. The maximum atomic E-state index is 13.3. The van der Waals surface area contributed by atoms with Crippen LogP contribution in [0.25, 0.3) is 0 Å². The number of unbranched alkanes of at least 4 members (excludes halogenated alkanes) is 2. The molecule has 3 nitrogen and oxygen atoms in total. The minimum absolute atomic E-state index is 0.0283. The van der Waals surface area contributed by atoms with E-state index in [0.717, 1.165) is 10.5 Å². The van der Waals surface area contributed by atoms with Crippen LogP contribution >= 0.6 is 0 Å². The molecule has 1 unspecified atom stereocenters. The molecule has 0 aliphatic heterocycles. The minimum Gasteiger partial charge on any atom is -0.445 e. The number of halogens is 3. The topological polar surface area (TPSA) is 29.5 Å². The molecule has 1 rings (SSSR count). The Morgan fingerprint density at radius 1 is 1.16 bits per heavy atom. The summed E-state index contributed by atoms with van der Waals surface area (Å²) in [7, 11) is 0. The molecule has 138 valence electrons. The zero-order chi connectivity index (χ0) is 18.7. The molecule has 0 fully saturated rings. The predicted molar refractivity (Wildman–Crippen MR) is 92.0 cm³/mol. The molecule has 0 aliphatic carbocycles. The van der Waals surface area contributed by atoms with Gasteiger partial charge in [-0.1, -0.05) is 42.5 Å². The molecule has 0 heterocycles. The second-order valence-corrected chi connectivity index (χ2v) is 5.60. The number of ether oxygens (including phenoxy) is 1. The second kappa shape index (κ2) is 10.6. The van der Waals surface area contributed by atoms with Crippen LogP contribution in [0, 0.1) is 0 Å². The van der Waals surface area contributed by atoms with Crippen molar-refractivity contribution in [2.24, 2.45) is 0 Å². The SMILES string of the molecule is C=CCCCCN(C(=O)OCc1ccccc1)C(CC=C)C(F)(F)F. The summed E-state index contributed by atoms with van der Waals surface area (Å²) < 4.78 is 45.1. The van der Waals surface area contributed by atoms with E-state index in [4.69, 9.17) is 4.74 Å². The van der Waals surface area contributed by atoms with Gasteiger partial charge in [-0.25, -0.2) is 4.79 Å². The first-order valence-electron chi connectivity index (χ1n) is 8.16. The van der Waals surface area contributed by atoms with Crippen molar-refractivity contribution in [3.05, 3.63) is 61.2 Å². The highest BCUT2D eigenvalue weighted by molar-refractivity contribution is 5.68. The third-order valence-electron chi connectivity index (χ3n) is 3.64. The van der Waals surface area contributed by atoms with E-state index in [0.29, 0.717) is 19.3 Å². The van der Waals surface area contributed by atoms with Crippen molar-refractivity contribution in [1.82, 2.24) is 4.90 Å². The number of rotatable bonds is 10. The summed E-state index contributed by atoms with van der Waals surface area (Å²) in [5.74, 6) is 0. The summed E-state index contributed by atoms with van der Waals surface area (Å²) in [4.78, 5) is 13.1. The Labute approximate surface area is 146 Å². The molecular formula is C19H24F3NO2. The van der Waals surface area contributed by atoms with E-state index in [2.05, 4.69) is 13.2 Å². The normalized spacial score (nSPS) is 12.3. The summed E-state index contributed by atoms with van der Waals surface area (Å²) in [6, 6.07) is 6.90. The Morgan fingerprint density at radius 2 is 1.84 bits per heavy atom. The zero-order valence-electron chi connectivity index (χ0n) is 14.2. The van der Waals surface area contributed by atoms with Gasteiger partial charge >= 0.3 is 12.3 Å². The monoisotopic (exact) mass is 355 g/mol. The number of hydrogen-bond donors (Lipinski definition) is 0. The van der Waals surface area contributed by atoms with Gasteiger partial charge in [0.1, 0.15) is 12.6 Å². The summed E-state index contributed by atoms with van der Waals surface area (Å²) >= 11 is 0. The molecule has 0 saturated carbocycles. The van der Waals surface area contributed by atoms with E-state index >= 15 is 0 Å². The molecule has 1 aromatic carbocycles. The molecule has 1 atom stereocenters. The highest BCUT2D eigenvalue weighted by Gasteiger charge is 2.45. The maximum Gasteiger partial charge on any atom is 0.410 e. The number of alkyl halides is 3. The summed E-state index contributed by atoms with van der Waals surface area (Å²) in [5, 5.41) is 0. The van der Waals surface area contributed by atoms with Gasteiger partial charge in [-0.15, -0.1) is 13.2 Å². The highest BCUT2D eigenvalue weighted by atomic mass is 19.4. The fraction of sp³-hybridized carbons (Fsp3) is 0.421. The largest absolute Gasteiger partial charge is 0.445 e. The third kappa shape index (κ3) is 7.45. The number of carbonyl (C=O) groups excluding carboxylic acids is 1. The van der Waals surface area contributed by atoms with E-state index in [9.17, 15) is 18.0 Å². The predicted octanol–water partition coefficient (Wildman–Crippen LogP) is 5.49. The molecule has 0 saturated heterocycles. The second-order valence-electron chi connectivity index (χ2n) is 5.60. The highest BCUT2D eigenvalue weighted by Crippen LogP contribution is 2.28. The third-order valence-corrected chi connectivity index (χ3v) is 3.64. The van der Waals surface area contributed by atoms with Crippen LogP contribution in [0.3, 0.4) is 0 Å². The van der Waals surface area contributed by atoms with Gasteiger partial charge in [-0.2, -0.15) is 13.2 Å². The fourth-order valence-electron chi connectivity index (χ4n) is 2.34. The van der Waals surface area contributed by atoms with Gasteiger partial charge in [-0.3, -0.25) is 4.90 Å². The molecule has 1 aromatic rings. The Bertz CT molecular complexity index is 543. The number of hydrogen-bond acceptors (Lipinski definition) is 2. The van der Waals surface area contributed by atoms with Gasteiger partial charge in [-0.05, 0) is 31.2 Å². The van der Waals surface area contributed by atoms with Crippen molar-refractivity contribution in [2.45, 2.75) is 44.5 Å². The van der Waals surface area contributed by atoms with Gasteiger partial charge in [0.2, 0.25) is 0 Å². The Balaban J connectivity index is 2.81. The first-order valence-corrected chi connectivity index (χ1v) is 8.16. The van der Waals surface area contributed by atoms with Crippen molar-refractivity contribution in [3.8, 4) is 0 Å². The fourth-order valence-corrected chi connectivity index (χ4v) is 2.34. The van der Waals surface area contributed by atoms with Crippen molar-refractivity contribution in [2.75, 3.05) is 6.54 Å². The van der Waals surface area contributed by atoms with Crippen molar-refractivity contribution in [1.29, 1.82) is 0 Å². The van der Waals surface area contributed by atoms with Crippen LogP contribution in [-0.2, 0) is 11.3 Å². The Morgan fingerprint density at radius 3 is 2.40 bits per heavy atom. The number of allylic oxidation sites excluding steroid dienone is 1. The van der Waals surface area contributed by atoms with Crippen molar-refractivity contribution < 1.29 is 22.7 Å². The standard InChI is InChI=1S/C19H24F3NO2/c1-3-5-6-10-14-23(17(11-4-2)19(20,21)22)18(24)25-15-16-12-8-7-9-13-16/h3-4,7-9,12-13,17H,1-2,5-6,10-11,14-15H2. The first kappa shape index (κ1) is 20.8. The minimum atomic E-state index is -4.54. The van der Waals surface area contributed by atoms with E-state index in [1.165, 1.54) is 6.08 Å². The van der Waals surface area contributed by atoms with Gasteiger partial charge in [0.05, 0.1) is 0 Å². The van der Waals surface area contributed by atoms with E-state index in [-0.39, 0.29) is 19.6 Å². The molecule has 6 heteroatoms. The molecule has 0 N–H and O–H groups in total. The van der Waals surface area contributed by atoms with Crippen LogP contribution in [0.1, 0.15) is 31.2 Å². The van der Waals surface area contributed by atoms with E-state index in [1.54, 1.807) is 36.4 Å². The summed E-state index contributed by atoms with van der Waals surface area (Å²) in [6.45, 7) is 6.85. The lowest BCUT2D eigenvalue weighted by Crippen LogP contribution is -2.49. The van der Waals surface area contributed by atoms with Gasteiger partial charge in [0.25, 0.3) is 0 Å². The Hall–Kier alpha value is -2.24. The van der Waals surface area contributed by atoms with Crippen LogP contribution in [0.4, 0.5) is 18.0 Å². The van der Waals surface area contributed by atoms with Gasteiger partial charge < -0.3 is 4.74 Å². The molecule has 0 aliphatic rings. The van der Waals surface area contributed by atoms with E-state index in [1.807, 2.05) is 0 Å². The lowest BCUT2D eigenvalue weighted by molar-refractivity contribution is -0.178. The maximum absolute atomic E-state index is 13.3. The summed E-state index contributed by atoms with van der Waals surface area (Å²) in [6.07, 6.45) is -1.23. The molecule has 25 heavy (non-hydrogen) atoms. The van der Waals surface area contributed by atoms with Crippen LogP contribution in [0.2, 0.25) is 0 Å². The molecular weight excluding hydrogens is 331 g/mol. The molecule has 1 amide bonds. The lowest BCUT2D eigenvalue weighted by Gasteiger charge is -2.32. The summed E-state index contributed by atoms with van der Waals surface area (Å²) in [5.41, 5.74) is 0.717. The average Bonchev–Trinajstić information content (AvgIpc) is 2.58. The van der Waals surface area contributed by atoms with Gasteiger partial charge in [0.15, 0.2) is 0 Å². The van der Waals surface area contributed by atoms with Crippen LogP contribution in [0.5, 0.6) is 0 Å². The van der Waals surface area contributed by atoms with Crippen molar-refractivity contribution in [3.63, 3.8) is 0 Å². The zero-order valence-corrected chi connectivity index (χ0v) is 14.2. The number of benzene rings is 1. The van der Waals surface area contributed by atoms with Crippen molar-refractivity contribution >= 4 is 6.09 Å². The number of amides is 1. The molecule has 0 bridgehead atoms. The van der Waals surface area contributed by atoms with E-state index < -0.39 is 18.3 Å². The first-order chi connectivity index (χ1) is 11.9. The lowest BCUT2D eigenvalue weighted by atomic mass is 10.1. The Kier molecular flexibility index (Phi) is 8.81. The quantitative estimate of drug-likeness (QED) is 0.410. The molecule has 0 aromatic heterocycles. The smallest absolute Gasteiger partial charge is 0.410 e. The van der Waals surface area contributed by atoms with Crippen LogP contribution in [0.15, 0.2) is 55.6 Å². The molecule has 0 spiro atoms. The average molecular weight is 355 g/mol. The van der Waals surface area contributed by atoms with Crippen LogP contribution in [-0.4, -0.2) is 29.8 Å². The molecule has 0 radical (unpaired) electrons. The number of nitrogens with zero attached hydrogens (tertiary/aromatic N) is 1.